The Morgan fingerprint density at radius 3 is 2.25 bits per heavy atom. The van der Waals surface area contributed by atoms with E-state index >= 15 is 0 Å². The number of nitrogens with one attached hydrogen (secondary N) is 1. The number of methoxy groups -OCH3 is 2. The van der Waals surface area contributed by atoms with Crippen molar-refractivity contribution in [2.45, 2.75) is 25.3 Å². The predicted octanol–water partition coefficient (Wildman–Crippen LogP) is 2.19. The molecule has 1 amide bonds. The van der Waals surface area contributed by atoms with Crippen LogP contribution in [-0.4, -0.2) is 26.2 Å². The largest absolute Gasteiger partial charge is 0.497 e. The summed E-state index contributed by atoms with van der Waals surface area (Å²) in [4.78, 5) is 12.2. The van der Waals surface area contributed by atoms with Gasteiger partial charge in [0, 0.05) is 29.9 Å². The van der Waals surface area contributed by atoms with Gasteiger partial charge in [-0.15, -0.1) is 12.4 Å². The number of carbonyl (C=O) groups excluding carboxylic acids is 1. The Hall–Kier alpha value is -1.46. The van der Waals surface area contributed by atoms with Crippen molar-refractivity contribution in [1.29, 1.82) is 0 Å². The Labute approximate surface area is 125 Å². The molecule has 0 heterocycles. The molecular weight excluding hydrogens is 280 g/mol. The van der Waals surface area contributed by atoms with Gasteiger partial charge in [-0.1, -0.05) is 6.42 Å². The van der Waals surface area contributed by atoms with E-state index in [9.17, 15) is 4.79 Å². The molecule has 2 rings (SSSR count). The van der Waals surface area contributed by atoms with Gasteiger partial charge in [-0.25, -0.2) is 0 Å². The molecule has 1 saturated carbocycles. The fourth-order valence-corrected chi connectivity index (χ4v) is 2.43. The number of rotatable bonds is 4. The molecule has 1 aliphatic rings. The van der Waals surface area contributed by atoms with Gasteiger partial charge in [0.05, 0.1) is 20.1 Å². The summed E-state index contributed by atoms with van der Waals surface area (Å²) >= 11 is 0. The monoisotopic (exact) mass is 300 g/mol. The Morgan fingerprint density at radius 2 is 1.80 bits per heavy atom. The standard InChI is InChI=1S/C14H20N2O3.ClH/c1-18-10-6-9(7-11(8-10)19-2)16-14(17)12-4-3-5-13(12)15;/h6-8,12-13H,3-5,15H2,1-2H3,(H,16,17);1H. The van der Waals surface area contributed by atoms with Gasteiger partial charge in [0.1, 0.15) is 11.5 Å². The predicted molar refractivity (Wildman–Crippen MR) is 80.7 cm³/mol. The first-order valence-corrected chi connectivity index (χ1v) is 6.43. The van der Waals surface area contributed by atoms with Crippen molar-refractivity contribution >= 4 is 24.0 Å². The molecule has 3 N–H and O–H groups in total. The lowest BCUT2D eigenvalue weighted by molar-refractivity contribution is -0.120. The second-order valence-electron chi connectivity index (χ2n) is 4.79. The highest BCUT2D eigenvalue weighted by atomic mass is 35.5. The summed E-state index contributed by atoms with van der Waals surface area (Å²) in [6.45, 7) is 0. The maximum Gasteiger partial charge on any atom is 0.229 e. The van der Waals surface area contributed by atoms with Crippen LogP contribution in [0.5, 0.6) is 11.5 Å². The third-order valence-corrected chi connectivity index (χ3v) is 3.53. The second-order valence-corrected chi connectivity index (χ2v) is 4.79. The van der Waals surface area contributed by atoms with Gasteiger partial charge >= 0.3 is 0 Å². The van der Waals surface area contributed by atoms with Gasteiger partial charge in [0.2, 0.25) is 5.91 Å². The molecule has 2 atom stereocenters. The maximum atomic E-state index is 12.2. The van der Waals surface area contributed by atoms with Crippen molar-refractivity contribution in [3.8, 4) is 11.5 Å². The summed E-state index contributed by atoms with van der Waals surface area (Å²) in [6, 6.07) is 5.26. The minimum atomic E-state index is -0.0998. The molecule has 112 valence electrons. The van der Waals surface area contributed by atoms with Crippen LogP contribution in [0, 0.1) is 5.92 Å². The highest BCUT2D eigenvalue weighted by Gasteiger charge is 2.30. The fourth-order valence-electron chi connectivity index (χ4n) is 2.43. The Morgan fingerprint density at radius 1 is 1.20 bits per heavy atom. The van der Waals surface area contributed by atoms with E-state index in [2.05, 4.69) is 5.32 Å². The zero-order valence-electron chi connectivity index (χ0n) is 11.7. The van der Waals surface area contributed by atoms with E-state index < -0.39 is 0 Å². The molecule has 2 unspecified atom stereocenters. The number of anilines is 1. The molecule has 6 heteroatoms. The molecule has 0 aromatic heterocycles. The first-order valence-electron chi connectivity index (χ1n) is 6.43. The van der Waals surface area contributed by atoms with Crippen molar-refractivity contribution in [3.63, 3.8) is 0 Å². The van der Waals surface area contributed by atoms with Gasteiger partial charge in [0.15, 0.2) is 0 Å². The van der Waals surface area contributed by atoms with E-state index in [0.717, 1.165) is 19.3 Å². The second kappa shape index (κ2) is 7.36. The van der Waals surface area contributed by atoms with E-state index in [-0.39, 0.29) is 30.3 Å². The summed E-state index contributed by atoms with van der Waals surface area (Å²) in [6.07, 6.45) is 2.79. The zero-order valence-corrected chi connectivity index (χ0v) is 12.5. The number of hydrogen-bond donors (Lipinski definition) is 2. The molecule has 0 spiro atoms. The van der Waals surface area contributed by atoms with Gasteiger partial charge < -0.3 is 20.5 Å². The van der Waals surface area contributed by atoms with Crippen LogP contribution >= 0.6 is 12.4 Å². The number of halogens is 1. The van der Waals surface area contributed by atoms with E-state index in [1.54, 1.807) is 32.4 Å². The SMILES string of the molecule is COc1cc(NC(=O)C2CCCC2N)cc(OC)c1.Cl. The van der Waals surface area contributed by atoms with Crippen LogP contribution in [0.4, 0.5) is 5.69 Å². The maximum absolute atomic E-state index is 12.2. The summed E-state index contributed by atoms with van der Waals surface area (Å²) < 4.78 is 10.3. The molecule has 20 heavy (non-hydrogen) atoms. The smallest absolute Gasteiger partial charge is 0.229 e. The van der Waals surface area contributed by atoms with Gasteiger partial charge in [-0.05, 0) is 12.8 Å². The van der Waals surface area contributed by atoms with Crippen LogP contribution < -0.4 is 20.5 Å². The van der Waals surface area contributed by atoms with Crippen molar-refractivity contribution in [2.75, 3.05) is 19.5 Å². The lowest BCUT2D eigenvalue weighted by Crippen LogP contribution is -2.34. The quantitative estimate of drug-likeness (QED) is 0.894. The van der Waals surface area contributed by atoms with Gasteiger partial charge in [0.25, 0.3) is 0 Å². The third kappa shape index (κ3) is 3.77. The minimum Gasteiger partial charge on any atom is -0.497 e. The minimum absolute atomic E-state index is 0. The normalized spacial score (nSPS) is 20.9. The lowest BCUT2D eigenvalue weighted by atomic mass is 10.0. The number of nitrogens with two attached hydrogens (primary N) is 1. The fraction of sp³-hybridized carbons (Fsp3) is 0.500. The topological polar surface area (TPSA) is 73.6 Å². The summed E-state index contributed by atoms with van der Waals surface area (Å²) in [5.41, 5.74) is 6.60. The van der Waals surface area contributed by atoms with Crippen molar-refractivity contribution in [3.05, 3.63) is 18.2 Å². The van der Waals surface area contributed by atoms with E-state index in [0.29, 0.717) is 17.2 Å². The van der Waals surface area contributed by atoms with E-state index in [4.69, 9.17) is 15.2 Å². The first kappa shape index (κ1) is 16.6. The number of benzene rings is 1. The van der Waals surface area contributed by atoms with Crippen LogP contribution in [0.1, 0.15) is 19.3 Å². The highest BCUT2D eigenvalue weighted by molar-refractivity contribution is 5.93. The molecule has 0 radical (unpaired) electrons. The molecule has 1 fully saturated rings. The first-order chi connectivity index (χ1) is 9.13. The molecule has 0 aliphatic heterocycles. The Kier molecular flexibility index (Phi) is 6.10. The highest BCUT2D eigenvalue weighted by Crippen LogP contribution is 2.28. The van der Waals surface area contributed by atoms with Gasteiger partial charge in [-0.2, -0.15) is 0 Å². The summed E-state index contributed by atoms with van der Waals surface area (Å²) in [5, 5.41) is 2.88. The molecule has 1 aromatic carbocycles. The van der Waals surface area contributed by atoms with Crippen LogP contribution in [0.15, 0.2) is 18.2 Å². The molecule has 0 saturated heterocycles. The van der Waals surface area contributed by atoms with Gasteiger partial charge in [-0.3, -0.25) is 4.79 Å². The lowest BCUT2D eigenvalue weighted by Gasteiger charge is -2.16. The zero-order chi connectivity index (χ0) is 13.8. The molecule has 1 aliphatic carbocycles. The third-order valence-electron chi connectivity index (χ3n) is 3.53. The number of hydrogen-bond acceptors (Lipinski definition) is 4. The summed E-state index contributed by atoms with van der Waals surface area (Å²) in [7, 11) is 3.15. The average molecular weight is 301 g/mol. The Bertz CT molecular complexity index is 445. The van der Waals surface area contributed by atoms with Crippen LogP contribution in [0.25, 0.3) is 0 Å². The van der Waals surface area contributed by atoms with E-state index in [1.807, 2.05) is 0 Å². The van der Waals surface area contributed by atoms with Crippen LogP contribution in [0.2, 0.25) is 0 Å². The van der Waals surface area contributed by atoms with E-state index in [1.165, 1.54) is 0 Å². The van der Waals surface area contributed by atoms with Crippen LogP contribution in [0.3, 0.4) is 0 Å². The van der Waals surface area contributed by atoms with Crippen molar-refractivity contribution < 1.29 is 14.3 Å². The number of amides is 1. The molecular formula is C14H21ClN2O3. The number of ether oxygens (including phenoxy) is 2. The van der Waals surface area contributed by atoms with Crippen molar-refractivity contribution in [2.24, 2.45) is 11.7 Å². The molecule has 0 bridgehead atoms. The molecule has 5 nitrogen and oxygen atoms in total. The number of carbonyl (C=O) groups is 1. The average Bonchev–Trinajstić information content (AvgIpc) is 2.84. The van der Waals surface area contributed by atoms with Crippen molar-refractivity contribution in [1.82, 2.24) is 0 Å². The molecule has 1 aromatic rings. The summed E-state index contributed by atoms with van der Waals surface area (Å²) in [5.74, 6) is 1.16. The van der Waals surface area contributed by atoms with Crippen LogP contribution in [-0.2, 0) is 4.79 Å². The Balaban J connectivity index is 0.00000200.